The third-order valence-corrected chi connectivity index (χ3v) is 1.41. The third kappa shape index (κ3) is 1.24. The first-order valence-corrected chi connectivity index (χ1v) is 3.28. The van der Waals surface area contributed by atoms with Crippen LogP contribution in [0.4, 0.5) is 0 Å². The zero-order valence-electron chi connectivity index (χ0n) is 5.50. The molecule has 0 N–H and O–H groups in total. The summed E-state index contributed by atoms with van der Waals surface area (Å²) >= 11 is 5.74. The van der Waals surface area contributed by atoms with E-state index in [1.54, 1.807) is 16.9 Å². The molecule has 1 heterocycles. The fourth-order valence-corrected chi connectivity index (χ4v) is 0.973. The normalized spacial score (nSPS) is 10.7. The molecule has 3 heteroatoms. The van der Waals surface area contributed by atoms with Gasteiger partial charge >= 0.3 is 0 Å². The Labute approximate surface area is 59.4 Å². The van der Waals surface area contributed by atoms with Crippen molar-refractivity contribution in [3.8, 4) is 0 Å². The second-order valence-electron chi connectivity index (χ2n) is 2.19. The van der Waals surface area contributed by atoms with Gasteiger partial charge < -0.3 is 0 Å². The van der Waals surface area contributed by atoms with Crippen LogP contribution >= 0.6 is 11.6 Å². The van der Waals surface area contributed by atoms with Crippen molar-refractivity contribution >= 4 is 11.6 Å². The number of hydrogen-bond acceptors (Lipinski definition) is 1. The molecule has 0 saturated carbocycles. The van der Waals surface area contributed by atoms with E-state index in [2.05, 4.69) is 5.10 Å². The van der Waals surface area contributed by atoms with Crippen LogP contribution in [0.3, 0.4) is 0 Å². The van der Waals surface area contributed by atoms with Gasteiger partial charge in [0.25, 0.3) is 0 Å². The number of halogens is 1. The summed E-state index contributed by atoms with van der Waals surface area (Å²) in [5.74, 6) is 0. The molecule has 0 atom stereocenters. The Hall–Kier alpha value is -0.500. The van der Waals surface area contributed by atoms with Crippen LogP contribution in [0.2, 0.25) is 5.15 Å². The van der Waals surface area contributed by atoms with E-state index in [1.165, 1.54) is 0 Å². The lowest BCUT2D eigenvalue weighted by Crippen LogP contribution is -2.01. The highest BCUT2D eigenvalue weighted by Gasteiger charge is 2.00. The summed E-state index contributed by atoms with van der Waals surface area (Å²) < 4.78 is 1.77. The quantitative estimate of drug-likeness (QED) is 0.591. The third-order valence-electron chi connectivity index (χ3n) is 1.11. The van der Waals surface area contributed by atoms with E-state index in [1.807, 2.05) is 13.8 Å². The summed E-state index contributed by atoms with van der Waals surface area (Å²) in [7, 11) is 0. The number of aromatic nitrogens is 2. The number of nitrogens with zero attached hydrogens (tertiary/aromatic N) is 2. The van der Waals surface area contributed by atoms with Gasteiger partial charge in [0, 0.05) is 6.04 Å². The van der Waals surface area contributed by atoms with E-state index in [4.69, 9.17) is 11.6 Å². The van der Waals surface area contributed by atoms with Gasteiger partial charge in [0.2, 0.25) is 0 Å². The first-order valence-electron chi connectivity index (χ1n) is 2.91. The Morgan fingerprint density at radius 1 is 1.67 bits per heavy atom. The summed E-state index contributed by atoms with van der Waals surface area (Å²) in [6, 6.07) is 2.13. The summed E-state index contributed by atoms with van der Waals surface area (Å²) in [4.78, 5) is 0. The summed E-state index contributed by atoms with van der Waals surface area (Å²) in [5, 5.41) is 4.70. The van der Waals surface area contributed by atoms with Crippen LogP contribution in [-0.2, 0) is 0 Å². The van der Waals surface area contributed by atoms with Gasteiger partial charge in [-0.3, -0.25) is 4.68 Å². The van der Waals surface area contributed by atoms with Crippen LogP contribution in [0.25, 0.3) is 0 Å². The van der Waals surface area contributed by atoms with Crippen LogP contribution in [-0.4, -0.2) is 9.78 Å². The second-order valence-corrected chi connectivity index (χ2v) is 2.58. The molecule has 0 aromatic carbocycles. The van der Waals surface area contributed by atoms with E-state index < -0.39 is 0 Å². The van der Waals surface area contributed by atoms with Gasteiger partial charge in [-0.2, -0.15) is 5.10 Å². The van der Waals surface area contributed by atoms with Crippen molar-refractivity contribution in [2.75, 3.05) is 0 Å². The first-order chi connectivity index (χ1) is 4.22. The first kappa shape index (κ1) is 6.62. The molecule has 1 aromatic heterocycles. The molecule has 2 nitrogen and oxygen atoms in total. The topological polar surface area (TPSA) is 17.8 Å². The van der Waals surface area contributed by atoms with Gasteiger partial charge in [-0.15, -0.1) is 0 Å². The fourth-order valence-electron chi connectivity index (χ4n) is 0.678. The maximum atomic E-state index is 5.74. The highest BCUT2D eigenvalue weighted by molar-refractivity contribution is 6.29. The summed E-state index contributed by atoms with van der Waals surface area (Å²) in [5.41, 5.74) is 0. The van der Waals surface area contributed by atoms with E-state index in [0.29, 0.717) is 11.2 Å². The minimum atomic E-state index is 0.354. The zero-order valence-corrected chi connectivity index (χ0v) is 6.26. The molecular formula is C6H9ClN2. The highest BCUT2D eigenvalue weighted by atomic mass is 35.5. The van der Waals surface area contributed by atoms with Crippen LogP contribution in [0.15, 0.2) is 12.3 Å². The van der Waals surface area contributed by atoms with Gasteiger partial charge in [0.1, 0.15) is 5.15 Å². The molecule has 0 saturated heterocycles. The van der Waals surface area contributed by atoms with Gasteiger partial charge in [-0.1, -0.05) is 11.6 Å². The summed E-state index contributed by atoms with van der Waals surface area (Å²) in [6.45, 7) is 4.08. The van der Waals surface area contributed by atoms with Crippen LogP contribution in [0, 0.1) is 0 Å². The van der Waals surface area contributed by atoms with Crippen LogP contribution in [0.5, 0.6) is 0 Å². The van der Waals surface area contributed by atoms with Gasteiger partial charge in [0.05, 0.1) is 6.20 Å². The molecule has 0 aliphatic heterocycles. The molecular weight excluding hydrogens is 136 g/mol. The van der Waals surface area contributed by atoms with Crippen molar-refractivity contribution < 1.29 is 0 Å². The van der Waals surface area contributed by atoms with E-state index in [-0.39, 0.29) is 0 Å². The minimum absolute atomic E-state index is 0.354. The van der Waals surface area contributed by atoms with Crippen molar-refractivity contribution in [1.29, 1.82) is 0 Å². The predicted octanol–water partition coefficient (Wildman–Crippen LogP) is 2.12. The Bertz CT molecular complexity index is 193. The summed E-state index contributed by atoms with van der Waals surface area (Å²) in [6.07, 6.45) is 1.70. The Morgan fingerprint density at radius 3 is 2.56 bits per heavy atom. The largest absolute Gasteiger partial charge is 0.252 e. The van der Waals surface area contributed by atoms with Crippen molar-refractivity contribution in [1.82, 2.24) is 9.78 Å². The molecule has 9 heavy (non-hydrogen) atoms. The van der Waals surface area contributed by atoms with E-state index in [0.717, 1.165) is 0 Å². The average molecular weight is 145 g/mol. The number of rotatable bonds is 1. The second kappa shape index (κ2) is 2.40. The van der Waals surface area contributed by atoms with Crippen LogP contribution in [0.1, 0.15) is 19.9 Å². The lowest BCUT2D eigenvalue weighted by molar-refractivity contribution is 0.533. The van der Waals surface area contributed by atoms with Crippen molar-refractivity contribution in [2.45, 2.75) is 19.9 Å². The molecule has 0 bridgehead atoms. The van der Waals surface area contributed by atoms with Gasteiger partial charge in [-0.25, -0.2) is 0 Å². The van der Waals surface area contributed by atoms with Crippen LogP contribution < -0.4 is 0 Å². The Morgan fingerprint density at radius 2 is 2.33 bits per heavy atom. The molecule has 0 aliphatic carbocycles. The van der Waals surface area contributed by atoms with Crippen molar-refractivity contribution in [3.05, 3.63) is 17.4 Å². The monoisotopic (exact) mass is 144 g/mol. The molecule has 1 rings (SSSR count). The lowest BCUT2D eigenvalue weighted by Gasteiger charge is -2.04. The minimum Gasteiger partial charge on any atom is -0.252 e. The Balaban J connectivity index is 2.94. The molecule has 1 aromatic rings. The Kier molecular flexibility index (Phi) is 1.76. The molecule has 0 spiro atoms. The molecule has 50 valence electrons. The highest BCUT2D eigenvalue weighted by Crippen LogP contribution is 2.11. The van der Waals surface area contributed by atoms with Crippen molar-refractivity contribution in [3.63, 3.8) is 0 Å². The standard InChI is InChI=1S/C6H9ClN2/c1-5(2)9-6(7)3-4-8-9/h3-5H,1-2H3. The maximum Gasteiger partial charge on any atom is 0.127 e. The van der Waals surface area contributed by atoms with Gasteiger partial charge in [0.15, 0.2) is 0 Å². The molecule has 0 fully saturated rings. The molecule has 0 radical (unpaired) electrons. The smallest absolute Gasteiger partial charge is 0.127 e. The molecule has 0 unspecified atom stereocenters. The average Bonchev–Trinajstić information content (AvgIpc) is 2.13. The predicted molar refractivity (Wildman–Crippen MR) is 37.6 cm³/mol. The number of hydrogen-bond donors (Lipinski definition) is 0. The maximum absolute atomic E-state index is 5.74. The zero-order chi connectivity index (χ0) is 6.85. The van der Waals surface area contributed by atoms with E-state index in [9.17, 15) is 0 Å². The SMILES string of the molecule is CC(C)n1nccc1Cl. The van der Waals surface area contributed by atoms with Gasteiger partial charge in [-0.05, 0) is 19.9 Å². The fraction of sp³-hybridized carbons (Fsp3) is 0.500. The molecule has 0 aliphatic rings. The van der Waals surface area contributed by atoms with Crippen molar-refractivity contribution in [2.24, 2.45) is 0 Å². The lowest BCUT2D eigenvalue weighted by atomic mass is 10.4. The molecule has 0 amide bonds. The van der Waals surface area contributed by atoms with E-state index >= 15 is 0 Å².